The molecule has 104 valence electrons. The number of carbonyl (C=O) groups excluding carboxylic acids is 1. The van der Waals surface area contributed by atoms with Crippen molar-refractivity contribution in [1.29, 1.82) is 0 Å². The second-order valence-corrected chi connectivity index (χ2v) is 5.03. The van der Waals surface area contributed by atoms with Crippen LogP contribution in [0.1, 0.15) is 34.1 Å². The zero-order valence-corrected chi connectivity index (χ0v) is 11.4. The van der Waals surface area contributed by atoms with Crippen LogP contribution >= 0.6 is 0 Å². The largest absolute Gasteiger partial charge is 0.480 e. The van der Waals surface area contributed by atoms with Gasteiger partial charge in [0.2, 0.25) is 0 Å². The lowest BCUT2D eigenvalue weighted by Crippen LogP contribution is -2.58. The van der Waals surface area contributed by atoms with Crippen LogP contribution in [0.3, 0.4) is 0 Å². The molecule has 0 saturated carbocycles. The topological polar surface area (TPSA) is 78.9 Å². The van der Waals surface area contributed by atoms with Crippen molar-refractivity contribution in [2.24, 2.45) is 0 Å². The minimum absolute atomic E-state index is 0.0272. The van der Waals surface area contributed by atoms with Crippen molar-refractivity contribution in [3.63, 3.8) is 0 Å². The molecule has 0 aromatic rings. The van der Waals surface area contributed by atoms with Gasteiger partial charge in [-0.1, -0.05) is 0 Å². The first-order valence-corrected chi connectivity index (χ1v) is 6.23. The van der Waals surface area contributed by atoms with Crippen molar-refractivity contribution in [3.05, 3.63) is 0 Å². The summed E-state index contributed by atoms with van der Waals surface area (Å²) in [6.07, 6.45) is 0.735. The third-order valence-corrected chi connectivity index (χ3v) is 3.44. The van der Waals surface area contributed by atoms with Crippen LogP contribution in [0.15, 0.2) is 0 Å². The van der Waals surface area contributed by atoms with Crippen LogP contribution in [-0.4, -0.2) is 52.8 Å². The van der Waals surface area contributed by atoms with Crippen LogP contribution in [0.25, 0.3) is 0 Å². The van der Waals surface area contributed by atoms with Gasteiger partial charge in [-0.3, -0.25) is 0 Å². The fourth-order valence-electron chi connectivity index (χ4n) is 2.07. The van der Waals surface area contributed by atoms with Crippen molar-refractivity contribution in [2.45, 2.75) is 51.8 Å². The molecular formula is C12H22N2O4. The number of nitrogens with zero attached hydrogens (tertiary/aromatic N) is 1. The summed E-state index contributed by atoms with van der Waals surface area (Å²) >= 11 is 0. The summed E-state index contributed by atoms with van der Waals surface area (Å²) in [7, 11) is 0. The minimum atomic E-state index is -1.22. The normalized spacial score (nSPS) is 23.8. The number of carboxylic acids is 1. The first-order valence-electron chi connectivity index (χ1n) is 6.23. The van der Waals surface area contributed by atoms with Gasteiger partial charge in [0, 0.05) is 13.2 Å². The number of hydrogen-bond donors (Lipinski definition) is 2. The molecule has 2 unspecified atom stereocenters. The Bertz CT molecular complexity index is 330. The summed E-state index contributed by atoms with van der Waals surface area (Å²) in [6.45, 7) is 7.67. The summed E-state index contributed by atoms with van der Waals surface area (Å²) in [5.74, 6) is -1.02. The Morgan fingerprint density at radius 3 is 2.50 bits per heavy atom. The van der Waals surface area contributed by atoms with E-state index >= 15 is 0 Å². The van der Waals surface area contributed by atoms with Crippen LogP contribution in [0.2, 0.25) is 0 Å². The fraction of sp³-hybridized carbons (Fsp3) is 0.833. The minimum Gasteiger partial charge on any atom is -0.480 e. The van der Waals surface area contributed by atoms with Gasteiger partial charge in [-0.2, -0.15) is 0 Å². The average Bonchev–Trinajstić information content (AvgIpc) is 2.64. The summed E-state index contributed by atoms with van der Waals surface area (Å²) in [5.41, 5.74) is -1.22. The number of nitrogens with one attached hydrogen (secondary N) is 1. The number of aliphatic carboxylic acids is 1. The molecule has 18 heavy (non-hydrogen) atoms. The molecule has 2 amide bonds. The van der Waals surface area contributed by atoms with E-state index in [1.807, 2.05) is 6.92 Å². The summed E-state index contributed by atoms with van der Waals surface area (Å²) in [6, 6.07) is -0.400. The maximum absolute atomic E-state index is 12.1. The molecule has 1 saturated heterocycles. The molecule has 0 aliphatic carbocycles. The molecule has 1 aliphatic heterocycles. The number of urea groups is 1. The Labute approximate surface area is 107 Å². The van der Waals surface area contributed by atoms with E-state index in [0.29, 0.717) is 13.2 Å². The molecule has 1 aliphatic rings. The van der Waals surface area contributed by atoms with Crippen molar-refractivity contribution in [2.75, 3.05) is 13.2 Å². The van der Waals surface area contributed by atoms with Gasteiger partial charge in [0.15, 0.2) is 0 Å². The van der Waals surface area contributed by atoms with Crippen molar-refractivity contribution >= 4 is 12.0 Å². The number of carboxylic acid groups (broad SMARTS) is 1. The van der Waals surface area contributed by atoms with Gasteiger partial charge in [-0.15, -0.1) is 0 Å². The second-order valence-electron chi connectivity index (χ2n) is 5.03. The van der Waals surface area contributed by atoms with E-state index in [9.17, 15) is 9.59 Å². The highest BCUT2D eigenvalue weighted by molar-refractivity contribution is 5.85. The molecule has 1 heterocycles. The van der Waals surface area contributed by atoms with Gasteiger partial charge in [0.05, 0.1) is 12.1 Å². The molecule has 6 nitrogen and oxygen atoms in total. The highest BCUT2D eigenvalue weighted by Gasteiger charge is 2.38. The van der Waals surface area contributed by atoms with Crippen LogP contribution < -0.4 is 5.32 Å². The van der Waals surface area contributed by atoms with Gasteiger partial charge in [0.25, 0.3) is 0 Å². The molecule has 0 spiro atoms. The van der Waals surface area contributed by atoms with Gasteiger partial charge >= 0.3 is 12.0 Å². The van der Waals surface area contributed by atoms with E-state index in [0.717, 1.165) is 6.42 Å². The third kappa shape index (κ3) is 2.93. The zero-order valence-electron chi connectivity index (χ0n) is 11.4. The third-order valence-electron chi connectivity index (χ3n) is 3.44. The van der Waals surface area contributed by atoms with Crippen LogP contribution in [0, 0.1) is 0 Å². The second kappa shape index (κ2) is 5.56. The Morgan fingerprint density at radius 2 is 2.11 bits per heavy atom. The van der Waals surface area contributed by atoms with Crippen molar-refractivity contribution in [3.8, 4) is 0 Å². The molecule has 6 heteroatoms. The first-order chi connectivity index (χ1) is 8.30. The van der Waals surface area contributed by atoms with Crippen LogP contribution in [-0.2, 0) is 9.53 Å². The lowest BCUT2D eigenvalue weighted by atomic mass is 10.0. The van der Waals surface area contributed by atoms with Crippen LogP contribution in [0.4, 0.5) is 4.79 Å². The Hall–Kier alpha value is -1.30. The monoisotopic (exact) mass is 258 g/mol. The number of ether oxygens (including phenoxy) is 1. The first kappa shape index (κ1) is 14.8. The molecule has 0 radical (unpaired) electrons. The van der Waals surface area contributed by atoms with E-state index in [4.69, 9.17) is 9.84 Å². The quantitative estimate of drug-likeness (QED) is 0.790. The standard InChI is InChI=1S/C12H22N2O4/c1-5-14(12(3,4)10(15)16)11(17)13-9-6-7-18-8(9)2/h8-9H,5-7H2,1-4H3,(H,13,17)(H,15,16). The SMILES string of the molecule is CCN(C(=O)NC1CCOC1C)C(C)(C)C(=O)O. The summed E-state index contributed by atoms with van der Waals surface area (Å²) < 4.78 is 5.36. The molecule has 2 N–H and O–H groups in total. The molecule has 2 atom stereocenters. The highest BCUT2D eigenvalue weighted by Crippen LogP contribution is 2.17. The Balaban J connectivity index is 2.71. The summed E-state index contributed by atoms with van der Waals surface area (Å²) in [5, 5.41) is 12.0. The van der Waals surface area contributed by atoms with Gasteiger partial charge in [-0.25, -0.2) is 9.59 Å². The van der Waals surface area contributed by atoms with Crippen molar-refractivity contribution in [1.82, 2.24) is 10.2 Å². The number of rotatable bonds is 4. The van der Waals surface area contributed by atoms with E-state index in [1.54, 1.807) is 6.92 Å². The maximum atomic E-state index is 12.1. The molecule has 0 aromatic carbocycles. The number of carbonyl (C=O) groups is 2. The van der Waals surface area contributed by atoms with E-state index < -0.39 is 11.5 Å². The predicted molar refractivity (Wildman–Crippen MR) is 66.4 cm³/mol. The highest BCUT2D eigenvalue weighted by atomic mass is 16.5. The van der Waals surface area contributed by atoms with Crippen LogP contribution in [0.5, 0.6) is 0 Å². The number of likely N-dealkylation sites (N-methyl/N-ethyl adjacent to an activating group) is 1. The maximum Gasteiger partial charge on any atom is 0.329 e. The zero-order chi connectivity index (χ0) is 13.9. The van der Waals surface area contributed by atoms with E-state index in [-0.39, 0.29) is 18.2 Å². The Kier molecular flexibility index (Phi) is 4.56. The smallest absolute Gasteiger partial charge is 0.329 e. The number of amides is 2. The summed E-state index contributed by atoms with van der Waals surface area (Å²) in [4.78, 5) is 24.6. The molecule has 0 aromatic heterocycles. The van der Waals surface area contributed by atoms with Crippen molar-refractivity contribution < 1.29 is 19.4 Å². The molecular weight excluding hydrogens is 236 g/mol. The molecule has 1 rings (SSSR count). The fourth-order valence-corrected chi connectivity index (χ4v) is 2.07. The van der Waals surface area contributed by atoms with Gasteiger partial charge in [-0.05, 0) is 34.1 Å². The predicted octanol–water partition coefficient (Wildman–Crippen LogP) is 1.06. The molecule has 1 fully saturated rings. The Morgan fingerprint density at radius 1 is 1.50 bits per heavy atom. The average molecular weight is 258 g/mol. The van der Waals surface area contributed by atoms with Gasteiger partial charge in [0.1, 0.15) is 5.54 Å². The van der Waals surface area contributed by atoms with Gasteiger partial charge < -0.3 is 20.1 Å². The molecule has 0 bridgehead atoms. The van der Waals surface area contributed by atoms with E-state index in [1.165, 1.54) is 18.7 Å². The lowest BCUT2D eigenvalue weighted by Gasteiger charge is -2.35. The van der Waals surface area contributed by atoms with E-state index in [2.05, 4.69) is 5.32 Å². The number of hydrogen-bond acceptors (Lipinski definition) is 3. The lowest BCUT2D eigenvalue weighted by molar-refractivity contribution is -0.147.